The van der Waals surface area contributed by atoms with Gasteiger partial charge in [0.05, 0.1) is 6.04 Å². The summed E-state index contributed by atoms with van der Waals surface area (Å²) in [5.74, 6) is 1.02. The van der Waals surface area contributed by atoms with Crippen molar-refractivity contribution in [2.75, 3.05) is 6.61 Å². The molecule has 1 N–H and O–H groups in total. The molecule has 2 aromatic rings. The van der Waals surface area contributed by atoms with Crippen molar-refractivity contribution < 1.29 is 4.74 Å². The maximum absolute atomic E-state index is 5.71. The molecule has 1 atom stereocenters. The Kier molecular flexibility index (Phi) is 3.49. The Morgan fingerprint density at radius 1 is 1.05 bits per heavy atom. The summed E-state index contributed by atoms with van der Waals surface area (Å²) in [6, 6.07) is 13.1. The fourth-order valence-electron chi connectivity index (χ4n) is 2.78. The second-order valence-corrected chi connectivity index (χ2v) is 5.65. The van der Waals surface area contributed by atoms with E-state index in [0.717, 1.165) is 18.9 Å². The van der Waals surface area contributed by atoms with Gasteiger partial charge in [-0.15, -0.1) is 0 Å². The number of hydrogen-bond acceptors (Lipinski definition) is 2. The lowest BCUT2D eigenvalue weighted by Crippen LogP contribution is -2.22. The highest BCUT2D eigenvalue weighted by molar-refractivity contribution is 5.40. The third kappa shape index (κ3) is 2.44. The number of benzene rings is 2. The molecule has 1 unspecified atom stereocenters. The molecule has 0 bridgehead atoms. The van der Waals surface area contributed by atoms with Crippen molar-refractivity contribution in [1.29, 1.82) is 0 Å². The monoisotopic (exact) mass is 267 g/mol. The average molecular weight is 267 g/mol. The van der Waals surface area contributed by atoms with Gasteiger partial charge in [0.1, 0.15) is 12.4 Å². The summed E-state index contributed by atoms with van der Waals surface area (Å²) in [6.45, 7) is 8.13. The van der Waals surface area contributed by atoms with Crippen LogP contribution in [0.5, 0.6) is 5.75 Å². The molecular formula is C18H21NO. The number of fused-ring (bicyclic) bond motifs is 1. The molecule has 0 aliphatic carbocycles. The van der Waals surface area contributed by atoms with Gasteiger partial charge in [0.25, 0.3) is 0 Å². The van der Waals surface area contributed by atoms with E-state index < -0.39 is 0 Å². The Morgan fingerprint density at radius 2 is 1.80 bits per heavy atom. The van der Waals surface area contributed by atoms with Crippen LogP contribution in [-0.4, -0.2) is 6.61 Å². The molecule has 0 saturated heterocycles. The molecule has 20 heavy (non-hydrogen) atoms. The molecule has 0 saturated carbocycles. The van der Waals surface area contributed by atoms with Crippen LogP contribution >= 0.6 is 0 Å². The standard InChI is InChI=1S/C18H21NO/c1-12-8-14(3)15(9-13(12)2)10-19-17-11-20-18-7-5-4-6-16(17)18/h4-9,17,19H,10-11H2,1-3H3. The van der Waals surface area contributed by atoms with E-state index in [-0.39, 0.29) is 0 Å². The zero-order chi connectivity index (χ0) is 14.1. The van der Waals surface area contributed by atoms with E-state index in [1.807, 2.05) is 12.1 Å². The first-order valence-corrected chi connectivity index (χ1v) is 7.17. The number of para-hydroxylation sites is 1. The minimum atomic E-state index is 0.298. The van der Waals surface area contributed by atoms with Crippen LogP contribution in [0, 0.1) is 20.8 Å². The van der Waals surface area contributed by atoms with Gasteiger partial charge in [-0.3, -0.25) is 0 Å². The molecule has 2 heteroatoms. The van der Waals surface area contributed by atoms with Gasteiger partial charge in [-0.2, -0.15) is 0 Å². The van der Waals surface area contributed by atoms with Crippen LogP contribution in [0.3, 0.4) is 0 Å². The first-order valence-electron chi connectivity index (χ1n) is 7.17. The van der Waals surface area contributed by atoms with E-state index in [9.17, 15) is 0 Å². The van der Waals surface area contributed by atoms with E-state index in [4.69, 9.17) is 4.74 Å². The fraction of sp³-hybridized carbons (Fsp3) is 0.333. The summed E-state index contributed by atoms with van der Waals surface area (Å²) >= 11 is 0. The SMILES string of the molecule is Cc1cc(C)c(CNC2COc3ccccc32)cc1C. The van der Waals surface area contributed by atoms with Crippen LogP contribution in [0.25, 0.3) is 0 Å². The summed E-state index contributed by atoms with van der Waals surface area (Å²) in [4.78, 5) is 0. The molecule has 0 fully saturated rings. The Hall–Kier alpha value is -1.80. The van der Waals surface area contributed by atoms with E-state index in [2.05, 4.69) is 50.4 Å². The van der Waals surface area contributed by atoms with Gasteiger partial charge in [0.15, 0.2) is 0 Å². The summed E-state index contributed by atoms with van der Waals surface area (Å²) in [5, 5.41) is 3.62. The summed E-state index contributed by atoms with van der Waals surface area (Å²) in [6.07, 6.45) is 0. The maximum atomic E-state index is 5.71. The van der Waals surface area contributed by atoms with E-state index in [0.29, 0.717) is 6.04 Å². The van der Waals surface area contributed by atoms with E-state index >= 15 is 0 Å². The fourth-order valence-corrected chi connectivity index (χ4v) is 2.78. The van der Waals surface area contributed by atoms with Crippen molar-refractivity contribution in [3.63, 3.8) is 0 Å². The second-order valence-electron chi connectivity index (χ2n) is 5.65. The van der Waals surface area contributed by atoms with Crippen molar-refractivity contribution in [2.24, 2.45) is 0 Å². The molecule has 2 nitrogen and oxygen atoms in total. The molecule has 2 aromatic carbocycles. The van der Waals surface area contributed by atoms with Crippen molar-refractivity contribution >= 4 is 0 Å². The zero-order valence-electron chi connectivity index (χ0n) is 12.4. The lowest BCUT2D eigenvalue weighted by Gasteiger charge is -2.14. The maximum Gasteiger partial charge on any atom is 0.124 e. The third-order valence-electron chi connectivity index (χ3n) is 4.19. The van der Waals surface area contributed by atoms with Crippen LogP contribution in [0.4, 0.5) is 0 Å². The molecule has 0 radical (unpaired) electrons. The van der Waals surface area contributed by atoms with Crippen molar-refractivity contribution in [1.82, 2.24) is 5.32 Å². The van der Waals surface area contributed by atoms with E-state index in [1.54, 1.807) is 0 Å². The van der Waals surface area contributed by atoms with Crippen LogP contribution < -0.4 is 10.1 Å². The van der Waals surface area contributed by atoms with Crippen LogP contribution in [0.2, 0.25) is 0 Å². The average Bonchev–Trinajstić information content (AvgIpc) is 2.85. The van der Waals surface area contributed by atoms with E-state index in [1.165, 1.54) is 27.8 Å². The van der Waals surface area contributed by atoms with Crippen LogP contribution in [0.15, 0.2) is 36.4 Å². The quantitative estimate of drug-likeness (QED) is 0.912. The zero-order valence-corrected chi connectivity index (χ0v) is 12.4. The van der Waals surface area contributed by atoms with Gasteiger partial charge in [0.2, 0.25) is 0 Å². The predicted molar refractivity (Wildman–Crippen MR) is 82.2 cm³/mol. The molecule has 3 rings (SSSR count). The largest absolute Gasteiger partial charge is 0.491 e. The van der Waals surface area contributed by atoms with Gasteiger partial charge in [0, 0.05) is 12.1 Å². The summed E-state index contributed by atoms with van der Waals surface area (Å²) < 4.78 is 5.71. The van der Waals surface area contributed by atoms with Crippen molar-refractivity contribution in [3.05, 3.63) is 64.2 Å². The number of aryl methyl sites for hydroxylation is 3. The van der Waals surface area contributed by atoms with Gasteiger partial charge >= 0.3 is 0 Å². The summed E-state index contributed by atoms with van der Waals surface area (Å²) in [7, 11) is 0. The Morgan fingerprint density at radius 3 is 2.65 bits per heavy atom. The van der Waals surface area contributed by atoms with Crippen LogP contribution in [-0.2, 0) is 6.54 Å². The lowest BCUT2D eigenvalue weighted by molar-refractivity contribution is 0.310. The highest BCUT2D eigenvalue weighted by Gasteiger charge is 2.22. The normalized spacial score (nSPS) is 16.9. The third-order valence-corrected chi connectivity index (χ3v) is 4.19. The topological polar surface area (TPSA) is 21.3 Å². The molecular weight excluding hydrogens is 246 g/mol. The Balaban J connectivity index is 1.74. The summed E-state index contributed by atoms with van der Waals surface area (Å²) in [5.41, 5.74) is 6.72. The van der Waals surface area contributed by atoms with Gasteiger partial charge in [-0.05, 0) is 49.1 Å². The molecule has 1 aliphatic heterocycles. The second kappa shape index (κ2) is 5.29. The molecule has 104 valence electrons. The number of ether oxygens (including phenoxy) is 1. The Labute approximate surface area is 120 Å². The van der Waals surface area contributed by atoms with Crippen molar-refractivity contribution in [2.45, 2.75) is 33.4 Å². The number of rotatable bonds is 3. The minimum Gasteiger partial charge on any atom is -0.491 e. The highest BCUT2D eigenvalue weighted by atomic mass is 16.5. The molecule has 0 amide bonds. The first kappa shape index (κ1) is 13.2. The van der Waals surface area contributed by atoms with Gasteiger partial charge in [-0.1, -0.05) is 30.3 Å². The smallest absolute Gasteiger partial charge is 0.124 e. The number of hydrogen-bond donors (Lipinski definition) is 1. The van der Waals surface area contributed by atoms with Crippen molar-refractivity contribution in [3.8, 4) is 5.75 Å². The highest BCUT2D eigenvalue weighted by Crippen LogP contribution is 2.31. The molecule has 1 aliphatic rings. The predicted octanol–water partition coefficient (Wildman–Crippen LogP) is 3.84. The Bertz CT molecular complexity index is 633. The minimum absolute atomic E-state index is 0.298. The molecule has 0 spiro atoms. The van der Waals surface area contributed by atoms with Gasteiger partial charge < -0.3 is 10.1 Å². The first-order chi connectivity index (χ1) is 9.65. The van der Waals surface area contributed by atoms with Crippen LogP contribution in [0.1, 0.15) is 33.9 Å². The van der Waals surface area contributed by atoms with Gasteiger partial charge in [-0.25, -0.2) is 0 Å². The number of nitrogens with one attached hydrogen (secondary N) is 1. The molecule has 1 heterocycles. The molecule has 0 aromatic heterocycles. The lowest BCUT2D eigenvalue weighted by atomic mass is 10.0.